The normalized spacial score (nSPS) is 11.2. The van der Waals surface area contributed by atoms with Gasteiger partial charge in [0.15, 0.2) is 0 Å². The first-order chi connectivity index (χ1) is 5.35. The summed E-state index contributed by atoms with van der Waals surface area (Å²) in [5.41, 5.74) is 0. The number of hydrogen-bond donors (Lipinski definition) is 0. The second-order valence-electron chi connectivity index (χ2n) is 2.20. The van der Waals surface area contributed by atoms with E-state index in [1.807, 2.05) is 11.8 Å². The molecule has 0 aromatic heterocycles. The maximum atomic E-state index is 8.31. The number of unbranched alkanes of at least 4 members (excludes halogenated alkanes) is 1. The van der Waals surface area contributed by atoms with Gasteiger partial charge in [-0.3, -0.25) is 0 Å². The van der Waals surface area contributed by atoms with E-state index in [4.69, 9.17) is 5.26 Å². The van der Waals surface area contributed by atoms with Crippen molar-refractivity contribution in [1.29, 1.82) is 5.26 Å². The summed E-state index contributed by atoms with van der Waals surface area (Å²) < 4.78 is 0. The van der Waals surface area contributed by atoms with Gasteiger partial charge in [0.1, 0.15) is 0 Å². The summed E-state index contributed by atoms with van der Waals surface area (Å²) in [6, 6.07) is 2.15. The zero-order valence-electron chi connectivity index (χ0n) is 7.26. The molecule has 0 aliphatic heterocycles. The first kappa shape index (κ1) is 10.6. The van der Waals surface area contributed by atoms with Crippen molar-refractivity contribution < 1.29 is 0 Å². The highest BCUT2D eigenvalue weighted by molar-refractivity contribution is 8.03. The fourth-order valence-corrected chi connectivity index (χ4v) is 1.65. The molecule has 0 rings (SSSR count). The van der Waals surface area contributed by atoms with E-state index in [-0.39, 0.29) is 0 Å². The summed E-state index contributed by atoms with van der Waals surface area (Å²) in [5.74, 6) is 1.13. The van der Waals surface area contributed by atoms with Gasteiger partial charge in [0.05, 0.1) is 6.07 Å². The Kier molecular flexibility index (Phi) is 7.39. The summed E-state index contributed by atoms with van der Waals surface area (Å²) >= 11 is 1.88. The van der Waals surface area contributed by atoms with Crippen molar-refractivity contribution in [2.45, 2.75) is 33.1 Å². The molecule has 11 heavy (non-hydrogen) atoms. The summed E-state index contributed by atoms with van der Waals surface area (Å²) in [6.45, 7) is 4.21. The molecule has 0 bridgehead atoms. The molecule has 0 heterocycles. The average molecular weight is 169 g/mol. The number of thioether (sulfide) groups is 1. The first-order valence-corrected chi connectivity index (χ1v) is 4.98. The highest BCUT2D eigenvalue weighted by atomic mass is 32.2. The fourth-order valence-electron chi connectivity index (χ4n) is 0.827. The van der Waals surface area contributed by atoms with Gasteiger partial charge in [-0.2, -0.15) is 5.26 Å². The Bertz CT molecular complexity index is 155. The van der Waals surface area contributed by atoms with Crippen LogP contribution >= 0.6 is 11.8 Å². The molecule has 0 aliphatic carbocycles. The third-order valence-electron chi connectivity index (χ3n) is 1.36. The maximum absolute atomic E-state index is 8.31. The third-order valence-corrected chi connectivity index (χ3v) is 2.46. The lowest BCUT2D eigenvalue weighted by Crippen LogP contribution is -1.79. The van der Waals surface area contributed by atoms with Gasteiger partial charge < -0.3 is 0 Å². The molecule has 0 spiro atoms. The summed E-state index contributed by atoms with van der Waals surface area (Å²) in [5, 5.41) is 8.31. The van der Waals surface area contributed by atoms with Crippen LogP contribution in [0, 0.1) is 11.3 Å². The minimum absolute atomic E-state index is 0.682. The van der Waals surface area contributed by atoms with Gasteiger partial charge in [0, 0.05) is 6.42 Å². The van der Waals surface area contributed by atoms with Gasteiger partial charge in [-0.15, -0.1) is 11.8 Å². The molecule has 0 N–H and O–H groups in total. The predicted octanol–water partition coefficient (Wildman–Crippen LogP) is 3.34. The molecule has 0 fully saturated rings. The minimum atomic E-state index is 0.682. The smallest absolute Gasteiger partial charge is 0.0621 e. The van der Waals surface area contributed by atoms with E-state index in [0.29, 0.717) is 6.42 Å². The number of nitriles is 1. The van der Waals surface area contributed by atoms with Crippen LogP contribution < -0.4 is 0 Å². The van der Waals surface area contributed by atoms with E-state index in [2.05, 4.69) is 26.0 Å². The Morgan fingerprint density at radius 2 is 2.36 bits per heavy atom. The zero-order valence-corrected chi connectivity index (χ0v) is 8.08. The molecule has 2 heteroatoms. The lowest BCUT2D eigenvalue weighted by molar-refractivity contribution is 0.867. The SMILES string of the molecule is C/C=C(\CCCC#N)SCC. The number of rotatable bonds is 5. The molecule has 0 radical (unpaired) electrons. The molecule has 0 amide bonds. The number of nitrogens with zero attached hydrogens (tertiary/aromatic N) is 1. The van der Waals surface area contributed by atoms with Crippen molar-refractivity contribution in [3.05, 3.63) is 11.0 Å². The van der Waals surface area contributed by atoms with Crippen LogP contribution in [0.3, 0.4) is 0 Å². The molecule has 0 unspecified atom stereocenters. The van der Waals surface area contributed by atoms with Gasteiger partial charge in [0.25, 0.3) is 0 Å². The predicted molar refractivity (Wildman–Crippen MR) is 51.4 cm³/mol. The van der Waals surface area contributed by atoms with Gasteiger partial charge in [-0.05, 0) is 30.4 Å². The molecule has 0 atom stereocenters. The fraction of sp³-hybridized carbons (Fsp3) is 0.667. The van der Waals surface area contributed by atoms with E-state index >= 15 is 0 Å². The zero-order chi connectivity index (χ0) is 8.53. The molecule has 0 saturated carbocycles. The van der Waals surface area contributed by atoms with E-state index < -0.39 is 0 Å². The molecular formula is C9H15NS. The van der Waals surface area contributed by atoms with Gasteiger partial charge in [-0.25, -0.2) is 0 Å². The van der Waals surface area contributed by atoms with Gasteiger partial charge >= 0.3 is 0 Å². The first-order valence-electron chi connectivity index (χ1n) is 4.00. The van der Waals surface area contributed by atoms with Crippen molar-refractivity contribution in [3.63, 3.8) is 0 Å². The van der Waals surface area contributed by atoms with Crippen LogP contribution in [0.1, 0.15) is 33.1 Å². The van der Waals surface area contributed by atoms with Crippen molar-refractivity contribution in [2.24, 2.45) is 0 Å². The van der Waals surface area contributed by atoms with E-state index in [0.717, 1.165) is 18.6 Å². The monoisotopic (exact) mass is 169 g/mol. The molecule has 62 valence electrons. The van der Waals surface area contributed by atoms with E-state index in [1.54, 1.807) is 0 Å². The van der Waals surface area contributed by atoms with Crippen LogP contribution in [0.25, 0.3) is 0 Å². The Labute approximate surface area is 73.5 Å². The minimum Gasteiger partial charge on any atom is -0.198 e. The van der Waals surface area contributed by atoms with Crippen LogP contribution in [0.15, 0.2) is 11.0 Å². The van der Waals surface area contributed by atoms with Crippen LogP contribution in [0.2, 0.25) is 0 Å². The molecule has 0 aromatic carbocycles. The van der Waals surface area contributed by atoms with Crippen LogP contribution in [0.4, 0.5) is 0 Å². The van der Waals surface area contributed by atoms with E-state index in [9.17, 15) is 0 Å². The molecular weight excluding hydrogens is 154 g/mol. The summed E-state index contributed by atoms with van der Waals surface area (Å²) in [4.78, 5) is 1.42. The van der Waals surface area contributed by atoms with Crippen molar-refractivity contribution in [1.82, 2.24) is 0 Å². The van der Waals surface area contributed by atoms with Gasteiger partial charge in [-0.1, -0.05) is 13.0 Å². The second kappa shape index (κ2) is 7.68. The van der Waals surface area contributed by atoms with Crippen molar-refractivity contribution in [2.75, 3.05) is 5.75 Å². The molecule has 0 aromatic rings. The Morgan fingerprint density at radius 3 is 2.82 bits per heavy atom. The largest absolute Gasteiger partial charge is 0.198 e. The van der Waals surface area contributed by atoms with Crippen LogP contribution in [-0.4, -0.2) is 5.75 Å². The molecule has 1 nitrogen and oxygen atoms in total. The quantitative estimate of drug-likeness (QED) is 0.589. The topological polar surface area (TPSA) is 23.8 Å². The molecule has 0 aliphatic rings. The van der Waals surface area contributed by atoms with Crippen LogP contribution in [-0.2, 0) is 0 Å². The van der Waals surface area contributed by atoms with Crippen LogP contribution in [0.5, 0.6) is 0 Å². The standard InChI is InChI=1S/C9H15NS/c1-3-9(11-4-2)7-5-6-8-10/h3H,4-7H2,1-2H3/b9-3+. The molecule has 0 saturated heterocycles. The highest BCUT2D eigenvalue weighted by Gasteiger charge is 1.94. The Hall–Kier alpha value is -0.420. The van der Waals surface area contributed by atoms with E-state index in [1.165, 1.54) is 4.91 Å². The number of hydrogen-bond acceptors (Lipinski definition) is 2. The van der Waals surface area contributed by atoms with Gasteiger partial charge in [0.2, 0.25) is 0 Å². The lowest BCUT2D eigenvalue weighted by atomic mass is 10.2. The average Bonchev–Trinajstić information content (AvgIpc) is 2.03. The Morgan fingerprint density at radius 1 is 1.64 bits per heavy atom. The third kappa shape index (κ3) is 6.00. The number of allylic oxidation sites excluding steroid dienone is 2. The second-order valence-corrected chi connectivity index (χ2v) is 3.59. The maximum Gasteiger partial charge on any atom is 0.0621 e. The summed E-state index contributed by atoms with van der Waals surface area (Å²) in [6.07, 6.45) is 4.90. The highest BCUT2D eigenvalue weighted by Crippen LogP contribution is 2.20. The van der Waals surface area contributed by atoms with Crippen molar-refractivity contribution in [3.8, 4) is 6.07 Å². The Balaban J connectivity index is 3.47. The summed E-state index contributed by atoms with van der Waals surface area (Å²) in [7, 11) is 0. The van der Waals surface area contributed by atoms with Crippen molar-refractivity contribution >= 4 is 11.8 Å². The lowest BCUT2D eigenvalue weighted by Gasteiger charge is -2.01.